The quantitative estimate of drug-likeness (QED) is 0.363. The number of ether oxygens (including phenoxy) is 2. The minimum absolute atomic E-state index is 0.248. The Hall–Kier alpha value is -2.57. The van der Waals surface area contributed by atoms with Crippen LogP contribution in [-0.4, -0.2) is 39.9 Å². The van der Waals surface area contributed by atoms with Gasteiger partial charge in [-0.1, -0.05) is 44.2 Å². The number of carbonyl (C=O) groups excluding carboxylic acids is 1. The molecule has 0 N–H and O–H groups in total. The van der Waals surface area contributed by atoms with E-state index >= 15 is 0 Å². The molecule has 33 heavy (non-hydrogen) atoms. The molecule has 1 aliphatic rings. The summed E-state index contributed by atoms with van der Waals surface area (Å²) in [7, 11) is 0. The van der Waals surface area contributed by atoms with Crippen molar-refractivity contribution in [3.63, 3.8) is 0 Å². The molecule has 1 aliphatic heterocycles. The van der Waals surface area contributed by atoms with Crippen LogP contribution in [0, 0.1) is 6.92 Å². The van der Waals surface area contributed by atoms with Crippen molar-refractivity contribution in [1.29, 1.82) is 0 Å². The van der Waals surface area contributed by atoms with Gasteiger partial charge in [-0.2, -0.15) is 4.98 Å². The van der Waals surface area contributed by atoms with Crippen molar-refractivity contribution in [2.75, 3.05) is 13.2 Å². The van der Waals surface area contributed by atoms with E-state index in [4.69, 9.17) is 14.0 Å². The largest absolute Gasteiger partial charge is 0.493 e. The number of benzene rings is 1. The summed E-state index contributed by atoms with van der Waals surface area (Å²) in [6.45, 7) is 11.2. The maximum atomic E-state index is 12.6. The lowest BCUT2D eigenvalue weighted by Gasteiger charge is -2.26. The van der Waals surface area contributed by atoms with Crippen LogP contribution in [-0.2, 0) is 4.74 Å². The molecule has 0 unspecified atom stereocenters. The molecule has 1 atom stereocenters. The summed E-state index contributed by atoms with van der Waals surface area (Å²) < 4.78 is 17.1. The number of likely N-dealkylation sites (tertiary alicyclic amines) is 1. The lowest BCUT2D eigenvalue weighted by Crippen LogP contribution is -2.36. The van der Waals surface area contributed by atoms with E-state index < -0.39 is 5.60 Å². The van der Waals surface area contributed by atoms with Crippen molar-refractivity contribution in [2.45, 2.75) is 97.6 Å². The normalized spacial score (nSPS) is 16.3. The first-order chi connectivity index (χ1) is 15.8. The molecule has 1 saturated heterocycles. The molecule has 1 aromatic heterocycles. The van der Waals surface area contributed by atoms with Gasteiger partial charge >= 0.3 is 6.09 Å². The first kappa shape index (κ1) is 25.1. The minimum Gasteiger partial charge on any atom is -0.493 e. The maximum Gasteiger partial charge on any atom is 0.410 e. The van der Waals surface area contributed by atoms with Crippen LogP contribution in [0.4, 0.5) is 4.79 Å². The molecule has 1 amide bonds. The van der Waals surface area contributed by atoms with Crippen LogP contribution in [0.15, 0.2) is 22.7 Å². The Balaban J connectivity index is 1.58. The summed E-state index contributed by atoms with van der Waals surface area (Å²) in [5.41, 5.74) is 1.37. The van der Waals surface area contributed by atoms with Crippen molar-refractivity contribution in [3.8, 4) is 17.1 Å². The summed E-state index contributed by atoms with van der Waals surface area (Å²) in [5, 5.41) is 4.18. The van der Waals surface area contributed by atoms with E-state index in [1.165, 1.54) is 32.1 Å². The standard InChI is InChI=1S/C26H39N3O4/c1-6-7-8-9-10-11-17-31-22-15-14-20(18-19(22)2)23-27-24(33-28-23)21-13-12-16-29(21)25(30)32-26(3,4)5/h14-15,18,21H,6-13,16-17H2,1-5H3/t21-/m0/s1. The number of aryl methyl sites for hydroxylation is 1. The van der Waals surface area contributed by atoms with Gasteiger partial charge in [-0.3, -0.25) is 4.90 Å². The fraction of sp³-hybridized carbons (Fsp3) is 0.654. The number of nitrogens with zero attached hydrogens (tertiary/aromatic N) is 3. The molecule has 1 aromatic carbocycles. The highest BCUT2D eigenvalue weighted by molar-refractivity contribution is 5.69. The highest BCUT2D eigenvalue weighted by atomic mass is 16.6. The van der Waals surface area contributed by atoms with Gasteiger partial charge in [0.2, 0.25) is 11.7 Å². The third kappa shape index (κ3) is 7.21. The van der Waals surface area contributed by atoms with Gasteiger partial charge in [0.05, 0.1) is 6.61 Å². The highest BCUT2D eigenvalue weighted by Gasteiger charge is 2.36. The molecular formula is C26H39N3O4. The molecule has 7 heteroatoms. The van der Waals surface area contributed by atoms with Gasteiger partial charge < -0.3 is 14.0 Å². The average Bonchev–Trinajstić information content (AvgIpc) is 3.42. The van der Waals surface area contributed by atoms with Crippen molar-refractivity contribution in [2.24, 2.45) is 0 Å². The van der Waals surface area contributed by atoms with Crippen molar-refractivity contribution >= 4 is 6.09 Å². The predicted octanol–water partition coefficient (Wildman–Crippen LogP) is 6.86. The van der Waals surface area contributed by atoms with E-state index in [1.54, 1.807) is 4.90 Å². The second-order valence-corrected chi connectivity index (χ2v) is 9.88. The van der Waals surface area contributed by atoms with Gasteiger partial charge in [0.1, 0.15) is 17.4 Å². The van der Waals surface area contributed by atoms with Crippen molar-refractivity contribution in [3.05, 3.63) is 29.7 Å². The van der Waals surface area contributed by atoms with Gasteiger partial charge in [0, 0.05) is 12.1 Å². The fourth-order valence-electron chi connectivity index (χ4n) is 4.07. The maximum absolute atomic E-state index is 12.6. The first-order valence-electron chi connectivity index (χ1n) is 12.4. The third-order valence-corrected chi connectivity index (χ3v) is 5.80. The topological polar surface area (TPSA) is 77.7 Å². The molecule has 0 aliphatic carbocycles. The van der Waals surface area contributed by atoms with Crippen LogP contribution in [0.5, 0.6) is 5.75 Å². The summed E-state index contributed by atoms with van der Waals surface area (Å²) >= 11 is 0. The number of carbonyl (C=O) groups is 1. The Labute approximate surface area is 197 Å². The summed E-state index contributed by atoms with van der Waals surface area (Å²) in [4.78, 5) is 18.9. The van der Waals surface area contributed by atoms with E-state index in [2.05, 4.69) is 17.1 Å². The zero-order valence-electron chi connectivity index (χ0n) is 20.9. The Kier molecular flexibility index (Phi) is 8.75. The number of hydrogen-bond acceptors (Lipinski definition) is 6. The van der Waals surface area contributed by atoms with Crippen LogP contribution in [0.25, 0.3) is 11.4 Å². The van der Waals surface area contributed by atoms with Crippen molar-refractivity contribution < 1.29 is 18.8 Å². The zero-order chi connectivity index (χ0) is 23.8. The third-order valence-electron chi connectivity index (χ3n) is 5.80. The lowest BCUT2D eigenvalue weighted by molar-refractivity contribution is 0.0199. The van der Waals surface area contributed by atoms with E-state index in [0.29, 0.717) is 18.3 Å². The molecule has 2 aromatic rings. The van der Waals surface area contributed by atoms with Crippen LogP contribution in [0.3, 0.4) is 0 Å². The van der Waals surface area contributed by atoms with E-state index in [-0.39, 0.29) is 12.1 Å². The highest BCUT2D eigenvalue weighted by Crippen LogP contribution is 2.34. The van der Waals surface area contributed by atoms with Gasteiger partial charge in [0.15, 0.2) is 0 Å². The molecule has 0 bridgehead atoms. The van der Waals surface area contributed by atoms with E-state index in [0.717, 1.165) is 42.7 Å². The Bertz CT molecular complexity index is 903. The van der Waals surface area contributed by atoms with Gasteiger partial charge in [-0.05, 0) is 70.7 Å². The SMILES string of the molecule is CCCCCCCCOc1ccc(-c2noc([C@@H]3CCCN3C(=O)OC(C)(C)C)n2)cc1C. The van der Waals surface area contributed by atoms with Gasteiger partial charge in [-0.25, -0.2) is 4.79 Å². The number of rotatable bonds is 10. The molecule has 0 radical (unpaired) electrons. The molecule has 7 nitrogen and oxygen atoms in total. The van der Waals surface area contributed by atoms with Crippen LogP contribution < -0.4 is 4.74 Å². The molecule has 0 spiro atoms. The van der Waals surface area contributed by atoms with Crippen molar-refractivity contribution in [1.82, 2.24) is 15.0 Å². The summed E-state index contributed by atoms with van der Waals surface area (Å²) in [6, 6.07) is 5.70. The summed E-state index contributed by atoms with van der Waals surface area (Å²) in [5.74, 6) is 1.86. The number of aromatic nitrogens is 2. The molecule has 2 heterocycles. The smallest absolute Gasteiger partial charge is 0.410 e. The lowest BCUT2D eigenvalue weighted by atomic mass is 10.1. The Morgan fingerprint density at radius 1 is 1.18 bits per heavy atom. The first-order valence-corrected chi connectivity index (χ1v) is 12.4. The molecule has 182 valence electrons. The van der Waals surface area contributed by atoms with E-state index in [9.17, 15) is 4.79 Å². The second kappa shape index (κ2) is 11.5. The Morgan fingerprint density at radius 3 is 2.67 bits per heavy atom. The number of hydrogen-bond donors (Lipinski definition) is 0. The van der Waals surface area contributed by atoms with E-state index in [1.807, 2.05) is 45.9 Å². The molecule has 3 rings (SSSR count). The van der Waals surface area contributed by atoms with Gasteiger partial charge in [0.25, 0.3) is 0 Å². The zero-order valence-corrected chi connectivity index (χ0v) is 20.9. The van der Waals surface area contributed by atoms with Gasteiger partial charge in [-0.15, -0.1) is 0 Å². The number of unbranched alkanes of at least 4 members (excludes halogenated alkanes) is 5. The van der Waals surface area contributed by atoms with Crippen LogP contribution >= 0.6 is 0 Å². The van der Waals surface area contributed by atoms with Crippen LogP contribution in [0.1, 0.15) is 96.6 Å². The second-order valence-electron chi connectivity index (χ2n) is 9.88. The van der Waals surface area contributed by atoms with Crippen LogP contribution in [0.2, 0.25) is 0 Å². The average molecular weight is 458 g/mol. The monoisotopic (exact) mass is 457 g/mol. The summed E-state index contributed by atoms with van der Waals surface area (Å²) in [6.07, 6.45) is 8.79. The number of amides is 1. The Morgan fingerprint density at radius 2 is 1.94 bits per heavy atom. The minimum atomic E-state index is -0.541. The molecule has 0 saturated carbocycles. The molecule has 1 fully saturated rings. The fourth-order valence-corrected chi connectivity index (χ4v) is 4.07. The predicted molar refractivity (Wildman–Crippen MR) is 128 cm³/mol. The molecular weight excluding hydrogens is 418 g/mol.